The van der Waals surface area contributed by atoms with E-state index in [9.17, 15) is 0 Å². The number of rotatable bonds is 6. The van der Waals surface area contributed by atoms with Crippen molar-refractivity contribution in [3.8, 4) is 0 Å². The first kappa shape index (κ1) is 10.6. The van der Waals surface area contributed by atoms with E-state index < -0.39 is 0 Å². The maximum Gasteiger partial charge on any atom is 0.141 e. The lowest BCUT2D eigenvalue weighted by Crippen LogP contribution is -2.27. The number of hydrogen-bond acceptors (Lipinski definition) is 3. The topological polar surface area (TPSA) is 53.6 Å². The molecule has 1 aliphatic rings. The van der Waals surface area contributed by atoms with Gasteiger partial charge in [0.25, 0.3) is 0 Å². The lowest BCUT2D eigenvalue weighted by molar-refractivity contribution is 0.257. The highest BCUT2D eigenvalue weighted by molar-refractivity contribution is 4.93. The number of H-pyrrole nitrogens is 1. The number of hydrogen-bond donors (Lipinski definition) is 2. The van der Waals surface area contributed by atoms with Gasteiger partial charge >= 0.3 is 0 Å². The molecule has 2 N–H and O–H groups in total. The Hall–Kier alpha value is -0.900. The molecule has 1 aliphatic carbocycles. The molecular formula is C11H20N4. The molecule has 4 heteroatoms. The Morgan fingerprint density at radius 1 is 1.60 bits per heavy atom. The zero-order valence-electron chi connectivity index (χ0n) is 9.37. The van der Waals surface area contributed by atoms with Crippen molar-refractivity contribution < 1.29 is 0 Å². The van der Waals surface area contributed by atoms with Crippen molar-refractivity contribution in [2.75, 3.05) is 6.54 Å². The second-order valence-electron chi connectivity index (χ2n) is 4.41. The van der Waals surface area contributed by atoms with Crippen LogP contribution in [0.3, 0.4) is 0 Å². The third-order valence-corrected chi connectivity index (χ3v) is 3.20. The van der Waals surface area contributed by atoms with Crippen LogP contribution in [-0.4, -0.2) is 21.7 Å². The van der Waals surface area contributed by atoms with Crippen LogP contribution in [0.2, 0.25) is 0 Å². The third kappa shape index (κ3) is 2.78. The minimum Gasteiger partial charge on any atom is -0.307 e. The van der Waals surface area contributed by atoms with Gasteiger partial charge in [0.1, 0.15) is 12.2 Å². The van der Waals surface area contributed by atoms with Crippen LogP contribution in [-0.2, 0) is 0 Å². The highest BCUT2D eigenvalue weighted by Gasteiger charge is 2.23. The molecule has 84 valence electrons. The number of aromatic amines is 1. The highest BCUT2D eigenvalue weighted by Crippen LogP contribution is 2.33. The molecule has 1 atom stereocenters. The van der Waals surface area contributed by atoms with Gasteiger partial charge in [-0.3, -0.25) is 5.10 Å². The van der Waals surface area contributed by atoms with Gasteiger partial charge in [0.05, 0.1) is 6.04 Å². The van der Waals surface area contributed by atoms with Crippen molar-refractivity contribution in [1.29, 1.82) is 0 Å². The molecule has 1 heterocycles. The first-order valence-electron chi connectivity index (χ1n) is 5.98. The van der Waals surface area contributed by atoms with E-state index in [0.717, 1.165) is 24.7 Å². The molecule has 1 saturated carbocycles. The van der Waals surface area contributed by atoms with Gasteiger partial charge in [-0.2, -0.15) is 5.10 Å². The summed E-state index contributed by atoms with van der Waals surface area (Å²) in [5, 5.41) is 10.4. The smallest absolute Gasteiger partial charge is 0.141 e. The Balaban J connectivity index is 1.89. The number of aromatic nitrogens is 3. The summed E-state index contributed by atoms with van der Waals surface area (Å²) in [5.74, 6) is 1.89. The first-order valence-corrected chi connectivity index (χ1v) is 5.98. The van der Waals surface area contributed by atoms with E-state index in [1.165, 1.54) is 25.7 Å². The summed E-state index contributed by atoms with van der Waals surface area (Å²) in [7, 11) is 0. The van der Waals surface area contributed by atoms with Crippen LogP contribution in [0.5, 0.6) is 0 Å². The molecule has 0 amide bonds. The fourth-order valence-electron chi connectivity index (χ4n) is 2.05. The predicted molar refractivity (Wildman–Crippen MR) is 59.4 cm³/mol. The monoisotopic (exact) mass is 208 g/mol. The van der Waals surface area contributed by atoms with Gasteiger partial charge in [0.2, 0.25) is 0 Å². The maximum atomic E-state index is 4.25. The third-order valence-electron chi connectivity index (χ3n) is 3.20. The molecule has 0 bridgehead atoms. The molecule has 4 nitrogen and oxygen atoms in total. The van der Waals surface area contributed by atoms with Gasteiger partial charge in [0.15, 0.2) is 0 Å². The Kier molecular flexibility index (Phi) is 3.72. The molecule has 0 radical (unpaired) electrons. The van der Waals surface area contributed by atoms with Gasteiger partial charge in [-0.05, 0) is 25.3 Å². The average Bonchev–Trinajstić information content (AvgIpc) is 2.68. The molecule has 1 fully saturated rings. The second-order valence-corrected chi connectivity index (χ2v) is 4.41. The van der Waals surface area contributed by atoms with Crippen molar-refractivity contribution in [2.24, 2.45) is 5.92 Å². The Morgan fingerprint density at radius 3 is 3.00 bits per heavy atom. The number of nitrogens with zero attached hydrogens (tertiary/aromatic N) is 2. The molecule has 2 rings (SSSR count). The van der Waals surface area contributed by atoms with E-state index in [1.54, 1.807) is 6.33 Å². The van der Waals surface area contributed by atoms with Gasteiger partial charge in [-0.25, -0.2) is 4.98 Å². The van der Waals surface area contributed by atoms with E-state index in [1.807, 2.05) is 0 Å². The van der Waals surface area contributed by atoms with E-state index in [2.05, 4.69) is 27.4 Å². The molecule has 15 heavy (non-hydrogen) atoms. The fraction of sp³-hybridized carbons (Fsp3) is 0.818. The molecular weight excluding hydrogens is 188 g/mol. The van der Waals surface area contributed by atoms with Crippen molar-refractivity contribution >= 4 is 0 Å². The van der Waals surface area contributed by atoms with Crippen LogP contribution in [0.4, 0.5) is 0 Å². The second kappa shape index (κ2) is 5.26. The van der Waals surface area contributed by atoms with Gasteiger partial charge in [-0.1, -0.05) is 26.2 Å². The molecule has 0 saturated heterocycles. The molecule has 1 unspecified atom stereocenters. The van der Waals surface area contributed by atoms with Crippen molar-refractivity contribution in [3.63, 3.8) is 0 Å². The molecule has 1 aromatic heterocycles. The minimum atomic E-state index is 0.373. The summed E-state index contributed by atoms with van der Waals surface area (Å²) < 4.78 is 0. The SMILES string of the molecule is CCCNC(CC1CCC1)c1ncn[nH]1. The minimum absolute atomic E-state index is 0.373. The van der Waals surface area contributed by atoms with E-state index in [4.69, 9.17) is 0 Å². The Labute approximate surface area is 90.9 Å². The van der Waals surface area contributed by atoms with Gasteiger partial charge in [0, 0.05) is 0 Å². The van der Waals surface area contributed by atoms with Crippen molar-refractivity contribution in [2.45, 2.75) is 45.1 Å². The summed E-state index contributed by atoms with van der Waals surface area (Å²) in [5.41, 5.74) is 0. The van der Waals surface area contributed by atoms with Gasteiger partial charge in [-0.15, -0.1) is 0 Å². The van der Waals surface area contributed by atoms with Crippen molar-refractivity contribution in [1.82, 2.24) is 20.5 Å². The lowest BCUT2D eigenvalue weighted by atomic mass is 9.80. The lowest BCUT2D eigenvalue weighted by Gasteiger charge is -2.29. The molecule has 0 aromatic carbocycles. The normalized spacial score (nSPS) is 18.7. The summed E-state index contributed by atoms with van der Waals surface area (Å²) in [6.07, 6.45) is 8.14. The predicted octanol–water partition coefficient (Wildman–Crippen LogP) is 2.04. The first-order chi connectivity index (χ1) is 7.40. The van der Waals surface area contributed by atoms with Crippen LogP contribution in [0.15, 0.2) is 6.33 Å². The highest BCUT2D eigenvalue weighted by atomic mass is 15.2. The zero-order chi connectivity index (χ0) is 10.5. The zero-order valence-corrected chi connectivity index (χ0v) is 9.37. The Bertz CT molecular complexity index is 266. The van der Waals surface area contributed by atoms with E-state index in [0.29, 0.717) is 6.04 Å². The Morgan fingerprint density at radius 2 is 2.47 bits per heavy atom. The fourth-order valence-corrected chi connectivity index (χ4v) is 2.05. The standard InChI is InChI=1S/C11H20N4/c1-2-6-12-10(7-9-4-3-5-9)11-13-8-14-15-11/h8-10,12H,2-7H2,1H3,(H,13,14,15). The van der Waals surface area contributed by atoms with E-state index >= 15 is 0 Å². The number of nitrogens with one attached hydrogen (secondary N) is 2. The van der Waals surface area contributed by atoms with Crippen LogP contribution < -0.4 is 5.32 Å². The molecule has 0 spiro atoms. The summed E-state index contributed by atoms with van der Waals surface area (Å²) in [4.78, 5) is 4.25. The largest absolute Gasteiger partial charge is 0.307 e. The van der Waals surface area contributed by atoms with E-state index in [-0.39, 0.29) is 0 Å². The average molecular weight is 208 g/mol. The maximum absolute atomic E-state index is 4.25. The molecule has 0 aliphatic heterocycles. The summed E-state index contributed by atoms with van der Waals surface area (Å²) >= 11 is 0. The summed E-state index contributed by atoms with van der Waals surface area (Å²) in [6, 6.07) is 0.373. The van der Waals surface area contributed by atoms with Crippen molar-refractivity contribution in [3.05, 3.63) is 12.2 Å². The van der Waals surface area contributed by atoms with Crippen LogP contribution in [0, 0.1) is 5.92 Å². The van der Waals surface area contributed by atoms with Gasteiger partial charge < -0.3 is 5.32 Å². The van der Waals surface area contributed by atoms with Crippen LogP contribution in [0.1, 0.15) is 50.9 Å². The summed E-state index contributed by atoms with van der Waals surface area (Å²) in [6.45, 7) is 3.24. The van der Waals surface area contributed by atoms with Crippen LogP contribution in [0.25, 0.3) is 0 Å². The molecule has 1 aromatic rings. The van der Waals surface area contributed by atoms with Crippen LogP contribution >= 0.6 is 0 Å². The quantitative estimate of drug-likeness (QED) is 0.752.